The highest BCUT2D eigenvalue weighted by atomic mass is 32.2. The summed E-state index contributed by atoms with van der Waals surface area (Å²) < 4.78 is 37.2. The van der Waals surface area contributed by atoms with Gasteiger partial charge in [0.25, 0.3) is 0 Å². The van der Waals surface area contributed by atoms with Crippen LogP contribution >= 0.6 is 0 Å². The predicted molar refractivity (Wildman–Crippen MR) is 82.2 cm³/mol. The van der Waals surface area contributed by atoms with Crippen molar-refractivity contribution in [2.45, 2.75) is 18.2 Å². The van der Waals surface area contributed by atoms with Crippen molar-refractivity contribution in [3.63, 3.8) is 0 Å². The lowest BCUT2D eigenvalue weighted by Crippen LogP contribution is -2.26. The molecule has 0 aliphatic carbocycles. The van der Waals surface area contributed by atoms with Crippen LogP contribution in [0.25, 0.3) is 0 Å². The minimum Gasteiger partial charge on any atom is -0.491 e. The lowest BCUT2D eigenvalue weighted by molar-refractivity contribution is 0.110. The molecule has 1 aromatic carbocycles. The Morgan fingerprint density at radius 2 is 1.81 bits per heavy atom. The van der Waals surface area contributed by atoms with Gasteiger partial charge in [-0.2, -0.15) is 0 Å². The van der Waals surface area contributed by atoms with Crippen LogP contribution in [-0.2, 0) is 14.8 Å². The summed E-state index contributed by atoms with van der Waals surface area (Å²) in [4.78, 5) is 0.240. The summed E-state index contributed by atoms with van der Waals surface area (Å²) in [6.45, 7) is 4.72. The summed E-state index contributed by atoms with van der Waals surface area (Å²) in [6, 6.07) is 6.37. The van der Waals surface area contributed by atoms with Crippen LogP contribution in [0.5, 0.6) is 5.75 Å². The SMILES string of the molecule is CCOCCOc1ccc(S(=O)(=O)NCCCNC)cc1. The van der Waals surface area contributed by atoms with Crippen molar-refractivity contribution in [3.8, 4) is 5.75 Å². The van der Waals surface area contributed by atoms with E-state index in [9.17, 15) is 8.42 Å². The maximum Gasteiger partial charge on any atom is 0.240 e. The van der Waals surface area contributed by atoms with Gasteiger partial charge in [-0.3, -0.25) is 0 Å². The number of nitrogens with one attached hydrogen (secondary N) is 2. The van der Waals surface area contributed by atoms with E-state index in [1.54, 1.807) is 12.1 Å². The molecule has 0 aliphatic rings. The maximum atomic E-state index is 12.0. The monoisotopic (exact) mass is 316 g/mol. The van der Waals surface area contributed by atoms with Crippen molar-refractivity contribution >= 4 is 10.0 Å². The quantitative estimate of drug-likeness (QED) is 0.595. The third-order valence-electron chi connectivity index (χ3n) is 2.73. The van der Waals surface area contributed by atoms with Crippen LogP contribution in [0.3, 0.4) is 0 Å². The van der Waals surface area contributed by atoms with Gasteiger partial charge in [0.2, 0.25) is 10.0 Å². The van der Waals surface area contributed by atoms with Crippen molar-refractivity contribution in [2.75, 3.05) is 40.0 Å². The number of ether oxygens (including phenoxy) is 2. The maximum absolute atomic E-state index is 12.0. The Hall–Kier alpha value is -1.15. The van der Waals surface area contributed by atoms with Crippen molar-refractivity contribution < 1.29 is 17.9 Å². The van der Waals surface area contributed by atoms with E-state index in [2.05, 4.69) is 10.0 Å². The number of hydrogen-bond donors (Lipinski definition) is 2. The molecule has 0 saturated carbocycles. The van der Waals surface area contributed by atoms with Gasteiger partial charge in [0.05, 0.1) is 11.5 Å². The molecule has 0 amide bonds. The highest BCUT2D eigenvalue weighted by molar-refractivity contribution is 7.89. The van der Waals surface area contributed by atoms with Crippen LogP contribution in [0, 0.1) is 0 Å². The lowest BCUT2D eigenvalue weighted by atomic mass is 10.3. The number of rotatable bonds is 11. The first-order valence-electron chi connectivity index (χ1n) is 7.05. The van der Waals surface area contributed by atoms with Gasteiger partial charge in [-0.15, -0.1) is 0 Å². The average molecular weight is 316 g/mol. The van der Waals surface area contributed by atoms with E-state index in [1.807, 2.05) is 14.0 Å². The minimum absolute atomic E-state index is 0.240. The highest BCUT2D eigenvalue weighted by Crippen LogP contribution is 2.15. The van der Waals surface area contributed by atoms with E-state index in [0.717, 1.165) is 13.0 Å². The standard InChI is InChI=1S/C14H24N2O4S/c1-3-19-11-12-20-13-5-7-14(8-6-13)21(17,18)16-10-4-9-15-2/h5-8,15-16H,3-4,9-12H2,1-2H3. The van der Waals surface area contributed by atoms with E-state index in [4.69, 9.17) is 9.47 Å². The Morgan fingerprint density at radius 3 is 2.43 bits per heavy atom. The van der Waals surface area contributed by atoms with Crippen LogP contribution < -0.4 is 14.8 Å². The fourth-order valence-corrected chi connectivity index (χ4v) is 2.71. The molecule has 6 nitrogen and oxygen atoms in total. The summed E-state index contributed by atoms with van der Waals surface area (Å²) in [5.74, 6) is 0.629. The van der Waals surface area contributed by atoms with Gasteiger partial charge in [0.15, 0.2) is 0 Å². The van der Waals surface area contributed by atoms with E-state index in [-0.39, 0.29) is 4.90 Å². The fraction of sp³-hybridized carbons (Fsp3) is 0.571. The minimum atomic E-state index is -3.44. The molecule has 0 fully saturated rings. The predicted octanol–water partition coefficient (Wildman–Crippen LogP) is 0.990. The van der Waals surface area contributed by atoms with Crippen LogP contribution in [0.2, 0.25) is 0 Å². The molecule has 0 saturated heterocycles. The molecule has 0 aromatic heterocycles. The zero-order valence-electron chi connectivity index (χ0n) is 12.6. The molecule has 0 unspecified atom stereocenters. The van der Waals surface area contributed by atoms with Gasteiger partial charge in [-0.05, 0) is 51.2 Å². The van der Waals surface area contributed by atoms with Gasteiger partial charge in [0.1, 0.15) is 12.4 Å². The Kier molecular flexibility index (Phi) is 8.29. The summed E-state index contributed by atoms with van der Waals surface area (Å²) in [7, 11) is -1.61. The summed E-state index contributed by atoms with van der Waals surface area (Å²) in [6.07, 6.45) is 0.744. The molecule has 0 bridgehead atoms. The number of sulfonamides is 1. The Labute approximate surface area is 126 Å². The van der Waals surface area contributed by atoms with Crippen molar-refractivity contribution in [3.05, 3.63) is 24.3 Å². The Morgan fingerprint density at radius 1 is 1.10 bits per heavy atom. The average Bonchev–Trinajstić information content (AvgIpc) is 2.49. The van der Waals surface area contributed by atoms with Gasteiger partial charge in [0, 0.05) is 13.2 Å². The molecule has 1 rings (SSSR count). The number of hydrogen-bond acceptors (Lipinski definition) is 5. The summed E-state index contributed by atoms with van der Waals surface area (Å²) >= 11 is 0. The normalized spacial score (nSPS) is 11.5. The van der Waals surface area contributed by atoms with Gasteiger partial charge < -0.3 is 14.8 Å². The first kappa shape index (κ1) is 17.9. The molecule has 21 heavy (non-hydrogen) atoms. The molecule has 1 aromatic rings. The first-order valence-corrected chi connectivity index (χ1v) is 8.53. The van der Waals surface area contributed by atoms with Crippen LogP contribution in [0.1, 0.15) is 13.3 Å². The molecule has 0 spiro atoms. The second-order valence-electron chi connectivity index (χ2n) is 4.37. The Bertz CT molecular complexity index is 488. The zero-order valence-corrected chi connectivity index (χ0v) is 13.4. The van der Waals surface area contributed by atoms with Gasteiger partial charge in [-0.1, -0.05) is 0 Å². The molecule has 120 valence electrons. The molecule has 0 aliphatic heterocycles. The molecule has 0 radical (unpaired) electrons. The third-order valence-corrected chi connectivity index (χ3v) is 4.21. The largest absolute Gasteiger partial charge is 0.491 e. The highest BCUT2D eigenvalue weighted by Gasteiger charge is 2.12. The molecular weight excluding hydrogens is 292 g/mol. The zero-order chi connectivity index (χ0) is 15.6. The van der Waals surface area contributed by atoms with E-state index in [1.165, 1.54) is 12.1 Å². The fourth-order valence-electron chi connectivity index (χ4n) is 1.63. The van der Waals surface area contributed by atoms with Crippen molar-refractivity contribution in [1.82, 2.24) is 10.0 Å². The van der Waals surface area contributed by atoms with Crippen LogP contribution in [-0.4, -0.2) is 48.4 Å². The third kappa shape index (κ3) is 6.90. The first-order chi connectivity index (χ1) is 10.1. The second-order valence-corrected chi connectivity index (χ2v) is 6.14. The lowest BCUT2D eigenvalue weighted by Gasteiger charge is -2.09. The molecule has 0 atom stereocenters. The topological polar surface area (TPSA) is 76.7 Å². The summed E-state index contributed by atoms with van der Waals surface area (Å²) in [5, 5.41) is 2.97. The second kappa shape index (κ2) is 9.73. The van der Waals surface area contributed by atoms with Gasteiger partial charge in [-0.25, -0.2) is 13.1 Å². The Balaban J connectivity index is 2.48. The molecular formula is C14H24N2O4S. The van der Waals surface area contributed by atoms with Crippen molar-refractivity contribution in [1.29, 1.82) is 0 Å². The molecule has 2 N–H and O–H groups in total. The van der Waals surface area contributed by atoms with Crippen molar-refractivity contribution in [2.24, 2.45) is 0 Å². The van der Waals surface area contributed by atoms with E-state index < -0.39 is 10.0 Å². The van der Waals surface area contributed by atoms with Crippen LogP contribution in [0.4, 0.5) is 0 Å². The molecule has 7 heteroatoms. The van der Waals surface area contributed by atoms with Gasteiger partial charge >= 0.3 is 0 Å². The van der Waals surface area contributed by atoms with E-state index >= 15 is 0 Å². The van der Waals surface area contributed by atoms with Crippen LogP contribution in [0.15, 0.2) is 29.2 Å². The number of benzene rings is 1. The van der Waals surface area contributed by atoms with E-state index in [0.29, 0.717) is 32.1 Å². The summed E-state index contributed by atoms with van der Waals surface area (Å²) in [5.41, 5.74) is 0. The molecule has 0 heterocycles. The smallest absolute Gasteiger partial charge is 0.240 e.